The molecular formula is C20H32N2O2. The lowest BCUT2D eigenvalue weighted by Gasteiger charge is -2.14. The molecule has 0 aliphatic carbocycles. The maximum atomic E-state index is 8.87. The van der Waals surface area contributed by atoms with Crippen LogP contribution in [-0.4, -0.2) is 46.3 Å². The molecule has 0 bridgehead atoms. The lowest BCUT2D eigenvalue weighted by molar-refractivity contribution is 0.255. The molecule has 1 aromatic carbocycles. The number of aliphatic hydroxyl groups is 2. The zero-order chi connectivity index (χ0) is 16.8. The fourth-order valence-electron chi connectivity index (χ4n) is 4.02. The molecule has 0 saturated carbocycles. The Bertz CT molecular complexity index is 454. The van der Waals surface area contributed by atoms with Gasteiger partial charge in [0.1, 0.15) is 0 Å². The first-order valence-electron chi connectivity index (χ1n) is 9.60. The number of nitrogens with zero attached hydrogens (tertiary/aromatic N) is 2. The molecule has 0 saturated heterocycles. The number of rotatable bonds is 10. The summed E-state index contributed by atoms with van der Waals surface area (Å²) in [4.78, 5) is 5.09. The van der Waals surface area contributed by atoms with E-state index in [1.807, 2.05) is 0 Å². The van der Waals surface area contributed by atoms with Crippen LogP contribution in [-0.2, 0) is 26.2 Å². The highest BCUT2D eigenvalue weighted by Gasteiger charge is 2.24. The van der Waals surface area contributed by atoms with Crippen LogP contribution in [0.5, 0.6) is 0 Å². The minimum Gasteiger partial charge on any atom is -0.396 e. The van der Waals surface area contributed by atoms with Gasteiger partial charge in [-0.05, 0) is 73.9 Å². The summed E-state index contributed by atoms with van der Waals surface area (Å²) in [7, 11) is 0. The Labute approximate surface area is 146 Å². The summed E-state index contributed by atoms with van der Waals surface area (Å²) in [6.07, 6.45) is 6.51. The average Bonchev–Trinajstić information content (AvgIpc) is 3.15. The third-order valence-corrected chi connectivity index (χ3v) is 5.36. The van der Waals surface area contributed by atoms with Gasteiger partial charge < -0.3 is 10.2 Å². The number of aliphatic hydroxyl groups excluding tert-OH is 2. The van der Waals surface area contributed by atoms with Crippen molar-refractivity contribution < 1.29 is 10.2 Å². The van der Waals surface area contributed by atoms with Gasteiger partial charge in [-0.3, -0.25) is 9.80 Å². The van der Waals surface area contributed by atoms with E-state index in [4.69, 9.17) is 10.2 Å². The molecule has 2 aliphatic rings. The summed E-state index contributed by atoms with van der Waals surface area (Å²) in [5, 5.41) is 17.7. The molecule has 2 N–H and O–H groups in total. The van der Waals surface area contributed by atoms with Gasteiger partial charge in [0.05, 0.1) is 0 Å². The number of hydrogen-bond acceptors (Lipinski definition) is 4. The van der Waals surface area contributed by atoms with Gasteiger partial charge in [-0.2, -0.15) is 0 Å². The summed E-state index contributed by atoms with van der Waals surface area (Å²) in [6, 6.07) is 4.90. The van der Waals surface area contributed by atoms with Gasteiger partial charge in [0.2, 0.25) is 0 Å². The largest absolute Gasteiger partial charge is 0.396 e. The molecule has 0 amide bonds. The molecule has 2 heterocycles. The topological polar surface area (TPSA) is 46.9 Å². The Balaban J connectivity index is 1.47. The molecule has 4 heteroatoms. The first kappa shape index (κ1) is 17.9. The van der Waals surface area contributed by atoms with Gasteiger partial charge in [-0.15, -0.1) is 0 Å². The lowest BCUT2D eigenvalue weighted by Crippen LogP contribution is -2.18. The van der Waals surface area contributed by atoms with Crippen LogP contribution in [0, 0.1) is 0 Å². The van der Waals surface area contributed by atoms with Crippen LogP contribution in [0.2, 0.25) is 0 Å². The first-order chi connectivity index (χ1) is 11.8. The summed E-state index contributed by atoms with van der Waals surface area (Å²) >= 11 is 0. The summed E-state index contributed by atoms with van der Waals surface area (Å²) in [5.74, 6) is 0. The second kappa shape index (κ2) is 8.95. The third-order valence-electron chi connectivity index (χ3n) is 5.36. The molecule has 0 unspecified atom stereocenters. The molecular weight excluding hydrogens is 300 g/mol. The van der Waals surface area contributed by atoms with Gasteiger partial charge in [-0.25, -0.2) is 0 Å². The molecule has 0 aromatic heterocycles. The van der Waals surface area contributed by atoms with Crippen molar-refractivity contribution in [1.29, 1.82) is 0 Å². The lowest BCUT2D eigenvalue weighted by atomic mass is 10.0. The van der Waals surface area contributed by atoms with Gasteiger partial charge in [0, 0.05) is 39.4 Å². The maximum absolute atomic E-state index is 8.87. The van der Waals surface area contributed by atoms with E-state index in [0.717, 1.165) is 65.0 Å². The van der Waals surface area contributed by atoms with Crippen molar-refractivity contribution in [3.8, 4) is 0 Å². The van der Waals surface area contributed by atoms with Crippen LogP contribution >= 0.6 is 0 Å². The van der Waals surface area contributed by atoms with E-state index in [1.54, 1.807) is 0 Å². The highest BCUT2D eigenvalue weighted by atomic mass is 16.3. The number of benzene rings is 1. The van der Waals surface area contributed by atoms with Crippen molar-refractivity contribution in [3.05, 3.63) is 34.4 Å². The van der Waals surface area contributed by atoms with E-state index in [0.29, 0.717) is 13.2 Å². The Morgan fingerprint density at radius 3 is 1.29 bits per heavy atom. The summed E-state index contributed by atoms with van der Waals surface area (Å²) < 4.78 is 0. The van der Waals surface area contributed by atoms with Crippen LogP contribution in [0.25, 0.3) is 0 Å². The number of fused-ring (bicyclic) bond motifs is 2. The van der Waals surface area contributed by atoms with Gasteiger partial charge in [-0.1, -0.05) is 12.1 Å². The van der Waals surface area contributed by atoms with Crippen LogP contribution in [0.4, 0.5) is 0 Å². The average molecular weight is 332 g/mol. The van der Waals surface area contributed by atoms with Gasteiger partial charge in [0.15, 0.2) is 0 Å². The molecule has 134 valence electrons. The highest BCUT2D eigenvalue weighted by molar-refractivity contribution is 5.42. The van der Waals surface area contributed by atoms with Crippen molar-refractivity contribution in [1.82, 2.24) is 9.80 Å². The highest BCUT2D eigenvalue weighted by Crippen LogP contribution is 2.31. The van der Waals surface area contributed by atoms with E-state index in [9.17, 15) is 0 Å². The van der Waals surface area contributed by atoms with Crippen molar-refractivity contribution in [3.63, 3.8) is 0 Å². The van der Waals surface area contributed by atoms with Crippen molar-refractivity contribution in [2.75, 3.05) is 26.3 Å². The second-order valence-electron chi connectivity index (χ2n) is 7.38. The minimum absolute atomic E-state index is 0.323. The van der Waals surface area contributed by atoms with Crippen molar-refractivity contribution in [2.24, 2.45) is 0 Å². The molecule has 3 rings (SSSR count). The fraction of sp³-hybridized carbons (Fsp3) is 0.700. The van der Waals surface area contributed by atoms with E-state index in [-0.39, 0.29) is 0 Å². The smallest absolute Gasteiger partial charge is 0.0431 e. The Hall–Kier alpha value is -0.940. The number of hydrogen-bond donors (Lipinski definition) is 2. The zero-order valence-corrected chi connectivity index (χ0v) is 14.8. The first-order valence-corrected chi connectivity index (χ1v) is 9.60. The van der Waals surface area contributed by atoms with E-state index in [1.165, 1.54) is 35.1 Å². The fourth-order valence-corrected chi connectivity index (χ4v) is 4.02. The summed E-state index contributed by atoms with van der Waals surface area (Å²) in [5.41, 5.74) is 6.10. The van der Waals surface area contributed by atoms with E-state index in [2.05, 4.69) is 21.9 Å². The van der Waals surface area contributed by atoms with Gasteiger partial charge >= 0.3 is 0 Å². The predicted molar refractivity (Wildman–Crippen MR) is 96.5 cm³/mol. The summed E-state index contributed by atoms with van der Waals surface area (Å²) in [6.45, 7) is 7.33. The Morgan fingerprint density at radius 1 is 0.583 bits per heavy atom. The van der Waals surface area contributed by atoms with Crippen LogP contribution in [0.3, 0.4) is 0 Å². The van der Waals surface area contributed by atoms with E-state index >= 15 is 0 Å². The normalized spacial score (nSPS) is 17.4. The molecule has 24 heavy (non-hydrogen) atoms. The Kier molecular flexibility index (Phi) is 6.67. The SMILES string of the molecule is OCCCCCN1Cc2cc3c(cc2C1)CN(CCCCCO)C3. The Morgan fingerprint density at radius 2 is 0.958 bits per heavy atom. The minimum atomic E-state index is 0.323. The zero-order valence-electron chi connectivity index (χ0n) is 14.8. The quantitative estimate of drug-likeness (QED) is 0.647. The third kappa shape index (κ3) is 4.57. The standard InChI is InChI=1S/C20H32N2O2/c23-9-5-1-3-7-21-13-17-11-19-15-22(8-4-2-6-10-24)16-20(19)12-18(17)14-21/h11-12,23-24H,1-10,13-16H2. The molecule has 2 aliphatic heterocycles. The molecule has 1 aromatic rings. The molecule has 0 atom stereocenters. The van der Waals surface area contributed by atoms with Crippen molar-refractivity contribution >= 4 is 0 Å². The van der Waals surface area contributed by atoms with Crippen LogP contribution in [0.1, 0.15) is 60.8 Å². The molecule has 0 fully saturated rings. The predicted octanol–water partition coefficient (Wildman–Crippen LogP) is 2.64. The monoisotopic (exact) mass is 332 g/mol. The van der Waals surface area contributed by atoms with Crippen molar-refractivity contribution in [2.45, 2.75) is 64.7 Å². The van der Waals surface area contributed by atoms with Crippen LogP contribution < -0.4 is 0 Å². The molecule has 0 spiro atoms. The number of unbranched alkanes of at least 4 members (excludes halogenated alkanes) is 4. The van der Waals surface area contributed by atoms with E-state index < -0.39 is 0 Å². The molecule has 0 radical (unpaired) electrons. The second-order valence-corrected chi connectivity index (χ2v) is 7.38. The maximum Gasteiger partial charge on any atom is 0.0431 e. The molecule has 4 nitrogen and oxygen atoms in total. The van der Waals surface area contributed by atoms with Crippen LogP contribution in [0.15, 0.2) is 12.1 Å². The van der Waals surface area contributed by atoms with Gasteiger partial charge in [0.25, 0.3) is 0 Å².